The lowest BCUT2D eigenvalue weighted by Gasteiger charge is -2.15. The molecule has 0 spiro atoms. The first-order chi connectivity index (χ1) is 8.15. The van der Waals surface area contributed by atoms with Gasteiger partial charge in [0.25, 0.3) is 0 Å². The molecule has 0 radical (unpaired) electrons. The van der Waals surface area contributed by atoms with Crippen molar-refractivity contribution >= 4 is 5.78 Å². The van der Waals surface area contributed by atoms with Gasteiger partial charge >= 0.3 is 0 Å². The summed E-state index contributed by atoms with van der Waals surface area (Å²) < 4.78 is 0. The molecule has 2 rings (SSSR count). The van der Waals surface area contributed by atoms with Crippen LogP contribution in [0.1, 0.15) is 67.4 Å². The Kier molecular flexibility index (Phi) is 3.66. The quantitative estimate of drug-likeness (QED) is 0.687. The van der Waals surface area contributed by atoms with E-state index in [1.165, 1.54) is 24.0 Å². The number of benzene rings is 1. The van der Waals surface area contributed by atoms with Crippen molar-refractivity contribution in [2.75, 3.05) is 0 Å². The van der Waals surface area contributed by atoms with Crippen LogP contribution in [0.4, 0.5) is 0 Å². The van der Waals surface area contributed by atoms with Crippen molar-refractivity contribution in [3.63, 3.8) is 0 Å². The van der Waals surface area contributed by atoms with Gasteiger partial charge in [0.2, 0.25) is 0 Å². The van der Waals surface area contributed by atoms with E-state index in [1.807, 2.05) is 13.8 Å². The molecule has 0 aromatic heterocycles. The predicted octanol–water partition coefficient (Wildman–Crippen LogP) is 4.36. The zero-order valence-corrected chi connectivity index (χ0v) is 11.1. The maximum absolute atomic E-state index is 12.4. The molecule has 1 saturated carbocycles. The van der Waals surface area contributed by atoms with Crippen LogP contribution in [0.2, 0.25) is 0 Å². The third kappa shape index (κ3) is 2.59. The highest BCUT2D eigenvalue weighted by Crippen LogP contribution is 2.43. The second-order valence-corrected chi connectivity index (χ2v) is 5.42. The summed E-state index contributed by atoms with van der Waals surface area (Å²) in [5.74, 6) is 1.09. The molecule has 1 aliphatic carbocycles. The summed E-state index contributed by atoms with van der Waals surface area (Å²) in [6, 6.07) is 6.41. The summed E-state index contributed by atoms with van der Waals surface area (Å²) in [7, 11) is 0. The molecule has 1 aromatic rings. The summed E-state index contributed by atoms with van der Waals surface area (Å²) in [4.78, 5) is 12.4. The third-order valence-electron chi connectivity index (χ3n) is 3.49. The van der Waals surface area contributed by atoms with Crippen molar-refractivity contribution in [3.8, 4) is 0 Å². The van der Waals surface area contributed by atoms with E-state index < -0.39 is 0 Å². The zero-order valence-electron chi connectivity index (χ0n) is 11.1. The van der Waals surface area contributed by atoms with Gasteiger partial charge in [0, 0.05) is 11.5 Å². The second-order valence-electron chi connectivity index (χ2n) is 5.42. The Bertz CT molecular complexity index is 414. The molecule has 1 aromatic carbocycles. The van der Waals surface area contributed by atoms with E-state index in [-0.39, 0.29) is 5.92 Å². The topological polar surface area (TPSA) is 17.1 Å². The molecule has 0 atom stereocenters. The summed E-state index contributed by atoms with van der Waals surface area (Å²) in [5.41, 5.74) is 3.62. The molecule has 1 heteroatoms. The van der Waals surface area contributed by atoms with Crippen LogP contribution in [0.3, 0.4) is 0 Å². The molecule has 17 heavy (non-hydrogen) atoms. The Labute approximate surface area is 104 Å². The first-order valence-electron chi connectivity index (χ1n) is 6.81. The van der Waals surface area contributed by atoms with Gasteiger partial charge in [-0.3, -0.25) is 4.79 Å². The standard InChI is InChI=1S/C16H22O/c1-4-6-13-7-5-8-14(12-9-10-12)15(13)16(17)11(2)3/h5,7-8,11-12H,4,6,9-10H2,1-3H3. The molecule has 1 fully saturated rings. The monoisotopic (exact) mass is 230 g/mol. The lowest BCUT2D eigenvalue weighted by Crippen LogP contribution is -2.13. The van der Waals surface area contributed by atoms with E-state index in [4.69, 9.17) is 0 Å². The van der Waals surface area contributed by atoms with Gasteiger partial charge in [-0.2, -0.15) is 0 Å². The maximum atomic E-state index is 12.4. The summed E-state index contributed by atoms with van der Waals surface area (Å²) in [6.07, 6.45) is 4.64. The number of aryl methyl sites for hydroxylation is 1. The van der Waals surface area contributed by atoms with Gasteiger partial charge in [0.1, 0.15) is 0 Å². The summed E-state index contributed by atoms with van der Waals surface area (Å²) >= 11 is 0. The molecule has 1 aliphatic rings. The number of carbonyl (C=O) groups excluding carboxylic acids is 1. The van der Waals surface area contributed by atoms with Crippen LogP contribution < -0.4 is 0 Å². The largest absolute Gasteiger partial charge is 0.294 e. The molecule has 0 bridgehead atoms. The fraction of sp³-hybridized carbons (Fsp3) is 0.562. The molecule has 0 amide bonds. The fourth-order valence-electron chi connectivity index (χ4n) is 2.42. The Morgan fingerprint density at radius 1 is 1.35 bits per heavy atom. The third-order valence-corrected chi connectivity index (χ3v) is 3.49. The van der Waals surface area contributed by atoms with Crippen LogP contribution in [0.5, 0.6) is 0 Å². The molecule has 0 N–H and O–H groups in total. The molecule has 1 nitrogen and oxygen atoms in total. The Morgan fingerprint density at radius 2 is 2.06 bits per heavy atom. The zero-order chi connectivity index (χ0) is 12.4. The van der Waals surface area contributed by atoms with Crippen molar-refractivity contribution < 1.29 is 4.79 Å². The van der Waals surface area contributed by atoms with E-state index in [1.54, 1.807) is 0 Å². The first-order valence-corrected chi connectivity index (χ1v) is 6.81. The van der Waals surface area contributed by atoms with E-state index in [0.29, 0.717) is 11.7 Å². The maximum Gasteiger partial charge on any atom is 0.165 e. The first kappa shape index (κ1) is 12.3. The summed E-state index contributed by atoms with van der Waals surface area (Å²) in [5, 5.41) is 0. The van der Waals surface area contributed by atoms with Crippen LogP contribution in [0.15, 0.2) is 18.2 Å². The van der Waals surface area contributed by atoms with Gasteiger partial charge in [0.05, 0.1) is 0 Å². The number of rotatable bonds is 5. The van der Waals surface area contributed by atoms with E-state index in [2.05, 4.69) is 25.1 Å². The van der Waals surface area contributed by atoms with Crippen molar-refractivity contribution in [1.82, 2.24) is 0 Å². The lowest BCUT2D eigenvalue weighted by molar-refractivity contribution is 0.0937. The van der Waals surface area contributed by atoms with Crippen LogP contribution in [0.25, 0.3) is 0 Å². The minimum Gasteiger partial charge on any atom is -0.294 e. The smallest absolute Gasteiger partial charge is 0.165 e. The van der Waals surface area contributed by atoms with Gasteiger partial charge < -0.3 is 0 Å². The Balaban J connectivity index is 2.45. The Morgan fingerprint density at radius 3 is 2.59 bits per heavy atom. The predicted molar refractivity (Wildman–Crippen MR) is 71.6 cm³/mol. The van der Waals surface area contributed by atoms with Crippen LogP contribution in [-0.4, -0.2) is 5.78 Å². The number of Topliss-reactive ketones (excluding diaryl/α,β-unsaturated/α-hetero) is 1. The number of hydrogen-bond donors (Lipinski definition) is 0. The highest BCUT2D eigenvalue weighted by Gasteiger charge is 2.29. The molecule has 0 heterocycles. The average molecular weight is 230 g/mol. The van der Waals surface area contributed by atoms with Gasteiger partial charge in [-0.1, -0.05) is 45.4 Å². The van der Waals surface area contributed by atoms with E-state index >= 15 is 0 Å². The van der Waals surface area contributed by atoms with Gasteiger partial charge in [-0.05, 0) is 36.3 Å². The number of carbonyl (C=O) groups is 1. The van der Waals surface area contributed by atoms with Crippen molar-refractivity contribution in [2.24, 2.45) is 5.92 Å². The molecule has 0 saturated heterocycles. The SMILES string of the molecule is CCCc1cccc(C2CC2)c1C(=O)C(C)C. The van der Waals surface area contributed by atoms with Crippen molar-refractivity contribution in [2.45, 2.75) is 52.4 Å². The molecule has 0 aliphatic heterocycles. The van der Waals surface area contributed by atoms with Crippen LogP contribution >= 0.6 is 0 Å². The highest BCUT2D eigenvalue weighted by molar-refractivity contribution is 6.00. The minimum absolute atomic E-state index is 0.102. The van der Waals surface area contributed by atoms with Crippen molar-refractivity contribution in [1.29, 1.82) is 0 Å². The van der Waals surface area contributed by atoms with Crippen molar-refractivity contribution in [3.05, 3.63) is 34.9 Å². The minimum atomic E-state index is 0.102. The molecule has 0 unspecified atom stereocenters. The lowest BCUT2D eigenvalue weighted by atomic mass is 9.88. The average Bonchev–Trinajstić information content (AvgIpc) is 3.12. The number of hydrogen-bond acceptors (Lipinski definition) is 1. The summed E-state index contributed by atoms with van der Waals surface area (Å²) in [6.45, 7) is 6.18. The van der Waals surface area contributed by atoms with Gasteiger partial charge in [-0.25, -0.2) is 0 Å². The second kappa shape index (κ2) is 5.03. The normalized spacial score (nSPS) is 15.3. The molecule has 92 valence electrons. The molecular formula is C16H22O. The Hall–Kier alpha value is -1.11. The van der Waals surface area contributed by atoms with Crippen LogP contribution in [0, 0.1) is 5.92 Å². The number of ketones is 1. The fourth-order valence-corrected chi connectivity index (χ4v) is 2.42. The van der Waals surface area contributed by atoms with Gasteiger partial charge in [0.15, 0.2) is 5.78 Å². The molecular weight excluding hydrogens is 208 g/mol. The van der Waals surface area contributed by atoms with Crippen LogP contribution in [-0.2, 0) is 6.42 Å². The van der Waals surface area contributed by atoms with E-state index in [0.717, 1.165) is 18.4 Å². The van der Waals surface area contributed by atoms with Gasteiger partial charge in [-0.15, -0.1) is 0 Å². The van der Waals surface area contributed by atoms with E-state index in [9.17, 15) is 4.79 Å². The highest BCUT2D eigenvalue weighted by atomic mass is 16.1.